The molecular weight excluding hydrogens is 526 g/mol. The molecule has 1 aromatic heterocycles. The fraction of sp³-hybridized carbons (Fsp3) is 0.440. The predicted octanol–water partition coefficient (Wildman–Crippen LogP) is -0.920. The number of imidazole rings is 1. The van der Waals surface area contributed by atoms with E-state index in [1.54, 1.807) is 30.3 Å². The molecule has 0 saturated carbocycles. The topological polar surface area (TPSA) is 222 Å². The maximum atomic E-state index is 13.2. The molecule has 4 unspecified atom stereocenters. The van der Waals surface area contributed by atoms with E-state index in [0.717, 1.165) is 5.56 Å². The lowest BCUT2D eigenvalue weighted by atomic mass is 10.0. The van der Waals surface area contributed by atoms with Gasteiger partial charge in [-0.3, -0.25) is 19.2 Å². The molecule has 4 amide bonds. The number of carboxylic acids is 1. The van der Waals surface area contributed by atoms with Crippen molar-refractivity contribution in [2.75, 3.05) is 12.0 Å². The van der Waals surface area contributed by atoms with Crippen molar-refractivity contribution in [3.05, 3.63) is 54.1 Å². The highest BCUT2D eigenvalue weighted by atomic mass is 32.2. The molecule has 0 radical (unpaired) electrons. The number of hydrogen-bond donors (Lipinski definition) is 7. The highest BCUT2D eigenvalue weighted by Gasteiger charge is 2.30. The first-order valence-electron chi connectivity index (χ1n) is 12.3. The number of amides is 4. The average molecular weight is 562 g/mol. The molecule has 0 aliphatic rings. The number of carbonyl (C=O) groups excluding carboxylic acids is 4. The summed E-state index contributed by atoms with van der Waals surface area (Å²) >= 11 is 1.44. The summed E-state index contributed by atoms with van der Waals surface area (Å²) in [5.74, 6) is -3.47. The lowest BCUT2D eigenvalue weighted by Gasteiger charge is -2.25. The van der Waals surface area contributed by atoms with Crippen molar-refractivity contribution in [2.45, 2.75) is 56.3 Å². The Kier molecular flexibility index (Phi) is 13.0. The summed E-state index contributed by atoms with van der Waals surface area (Å²) in [4.78, 5) is 68.9. The quantitative estimate of drug-likeness (QED) is 0.127. The number of rotatable bonds is 17. The standard InChI is InChI=1S/C25H35N7O6S/c1-39-10-9-19(24(36)32-20(25(37)38)11-15-5-3-2-4-6-15)31-23(35)18(7-8-21(27)33)30-22(34)17(26)12-16-13-28-14-29-16/h2-6,13-14,17-20H,7-12,26H2,1H3,(H2,27,33)(H,28,29)(H,30,34)(H,31,35)(H,32,36)(H,37,38). The number of hydrogen-bond acceptors (Lipinski definition) is 8. The van der Waals surface area contributed by atoms with Crippen LogP contribution in [-0.4, -0.2) is 80.8 Å². The van der Waals surface area contributed by atoms with Crippen LogP contribution in [0.3, 0.4) is 0 Å². The number of carboxylic acid groups (broad SMARTS) is 1. The van der Waals surface area contributed by atoms with Gasteiger partial charge in [0.1, 0.15) is 18.1 Å². The van der Waals surface area contributed by atoms with Crippen molar-refractivity contribution >= 4 is 41.4 Å². The fourth-order valence-electron chi connectivity index (χ4n) is 3.66. The molecule has 13 nitrogen and oxygen atoms in total. The first-order chi connectivity index (χ1) is 18.6. The Morgan fingerprint density at radius 2 is 1.56 bits per heavy atom. The summed E-state index contributed by atoms with van der Waals surface area (Å²) in [5.41, 5.74) is 12.5. The van der Waals surface area contributed by atoms with Crippen LogP contribution in [0.1, 0.15) is 30.5 Å². The molecule has 0 spiro atoms. The molecule has 1 heterocycles. The van der Waals surface area contributed by atoms with Gasteiger partial charge in [0.2, 0.25) is 23.6 Å². The Morgan fingerprint density at radius 3 is 2.13 bits per heavy atom. The largest absolute Gasteiger partial charge is 0.480 e. The fourth-order valence-corrected chi connectivity index (χ4v) is 4.13. The van der Waals surface area contributed by atoms with Crippen molar-refractivity contribution in [2.24, 2.45) is 11.5 Å². The van der Waals surface area contributed by atoms with Crippen molar-refractivity contribution in [3.8, 4) is 0 Å². The van der Waals surface area contributed by atoms with Gasteiger partial charge in [0.25, 0.3) is 0 Å². The molecule has 39 heavy (non-hydrogen) atoms. The Bertz CT molecular complexity index is 1100. The third-order valence-electron chi connectivity index (χ3n) is 5.78. The SMILES string of the molecule is CSCCC(NC(=O)C(CCC(N)=O)NC(=O)C(N)Cc1cnc[nH]1)C(=O)NC(Cc1ccccc1)C(=O)O. The molecule has 0 bridgehead atoms. The van der Waals surface area contributed by atoms with E-state index in [1.807, 2.05) is 6.26 Å². The molecule has 0 aliphatic heterocycles. The first-order valence-corrected chi connectivity index (χ1v) is 13.7. The van der Waals surface area contributed by atoms with Crippen molar-refractivity contribution in [1.29, 1.82) is 0 Å². The second-order valence-corrected chi connectivity index (χ2v) is 9.87. The molecular formula is C25H35N7O6S. The van der Waals surface area contributed by atoms with Crippen LogP contribution in [0.4, 0.5) is 0 Å². The summed E-state index contributed by atoms with van der Waals surface area (Å²) in [6.45, 7) is 0. The Hall–Kier alpha value is -3.91. The number of nitrogens with two attached hydrogens (primary N) is 2. The molecule has 0 aliphatic carbocycles. The van der Waals surface area contributed by atoms with Crippen LogP contribution in [0.5, 0.6) is 0 Å². The average Bonchev–Trinajstić information content (AvgIpc) is 3.41. The molecule has 4 atom stereocenters. The third kappa shape index (κ3) is 11.2. The number of nitrogens with zero attached hydrogens (tertiary/aromatic N) is 1. The normalized spacial score (nSPS) is 13.9. The number of H-pyrrole nitrogens is 1. The summed E-state index contributed by atoms with van der Waals surface area (Å²) < 4.78 is 0. The van der Waals surface area contributed by atoms with E-state index in [1.165, 1.54) is 24.3 Å². The van der Waals surface area contributed by atoms with Gasteiger partial charge >= 0.3 is 5.97 Å². The minimum Gasteiger partial charge on any atom is -0.480 e. The number of aliphatic carboxylic acids is 1. The second-order valence-electron chi connectivity index (χ2n) is 8.89. The highest BCUT2D eigenvalue weighted by Crippen LogP contribution is 2.08. The second kappa shape index (κ2) is 16.1. The van der Waals surface area contributed by atoms with Gasteiger partial charge in [0.05, 0.1) is 12.4 Å². The van der Waals surface area contributed by atoms with E-state index in [9.17, 15) is 29.1 Å². The monoisotopic (exact) mass is 561 g/mol. The van der Waals surface area contributed by atoms with E-state index < -0.39 is 53.8 Å². The zero-order valence-corrected chi connectivity index (χ0v) is 22.4. The Labute approximate surface area is 230 Å². The van der Waals surface area contributed by atoms with E-state index in [4.69, 9.17) is 11.5 Å². The van der Waals surface area contributed by atoms with Gasteiger partial charge in [0, 0.05) is 31.2 Å². The number of nitrogens with one attached hydrogen (secondary N) is 4. The minimum atomic E-state index is -1.22. The van der Waals surface area contributed by atoms with Crippen LogP contribution in [0.25, 0.3) is 0 Å². The highest BCUT2D eigenvalue weighted by molar-refractivity contribution is 7.98. The number of aromatic amines is 1. The summed E-state index contributed by atoms with van der Waals surface area (Å²) in [5, 5.41) is 17.3. The zero-order chi connectivity index (χ0) is 28.8. The van der Waals surface area contributed by atoms with Crippen LogP contribution < -0.4 is 27.4 Å². The number of aromatic nitrogens is 2. The molecule has 9 N–H and O–H groups in total. The number of thioether (sulfide) groups is 1. The lowest BCUT2D eigenvalue weighted by molar-refractivity contribution is -0.142. The Balaban J connectivity index is 2.12. The van der Waals surface area contributed by atoms with Gasteiger partial charge in [-0.1, -0.05) is 30.3 Å². The van der Waals surface area contributed by atoms with Crippen molar-refractivity contribution in [3.63, 3.8) is 0 Å². The minimum absolute atomic E-state index is 0.0522. The van der Waals surface area contributed by atoms with Crippen LogP contribution in [-0.2, 0) is 36.8 Å². The summed E-state index contributed by atoms with van der Waals surface area (Å²) in [7, 11) is 0. The Morgan fingerprint density at radius 1 is 0.949 bits per heavy atom. The van der Waals surface area contributed by atoms with E-state index in [0.29, 0.717) is 11.4 Å². The van der Waals surface area contributed by atoms with Gasteiger partial charge in [-0.2, -0.15) is 11.8 Å². The van der Waals surface area contributed by atoms with Crippen LogP contribution >= 0.6 is 11.8 Å². The van der Waals surface area contributed by atoms with Gasteiger partial charge in [-0.05, 0) is 30.4 Å². The number of primary amides is 1. The first kappa shape index (κ1) is 31.3. The van der Waals surface area contributed by atoms with E-state index in [-0.39, 0.29) is 32.1 Å². The smallest absolute Gasteiger partial charge is 0.326 e. The lowest BCUT2D eigenvalue weighted by Crippen LogP contribution is -2.57. The van der Waals surface area contributed by atoms with E-state index in [2.05, 4.69) is 25.9 Å². The summed E-state index contributed by atoms with van der Waals surface area (Å²) in [6, 6.07) is 4.28. The molecule has 0 saturated heterocycles. The zero-order valence-electron chi connectivity index (χ0n) is 21.6. The van der Waals surface area contributed by atoms with Crippen LogP contribution in [0.15, 0.2) is 42.9 Å². The molecule has 1 aromatic carbocycles. The summed E-state index contributed by atoms with van der Waals surface area (Å²) in [6.07, 6.45) is 4.85. The molecule has 2 aromatic rings. The van der Waals surface area contributed by atoms with Gasteiger partial charge in [0.15, 0.2) is 0 Å². The van der Waals surface area contributed by atoms with Crippen LogP contribution in [0.2, 0.25) is 0 Å². The molecule has 14 heteroatoms. The van der Waals surface area contributed by atoms with Crippen molar-refractivity contribution < 1.29 is 29.1 Å². The number of carbonyl (C=O) groups is 5. The van der Waals surface area contributed by atoms with Crippen LogP contribution in [0, 0.1) is 0 Å². The third-order valence-corrected chi connectivity index (χ3v) is 6.43. The maximum Gasteiger partial charge on any atom is 0.326 e. The van der Waals surface area contributed by atoms with Gasteiger partial charge in [-0.25, -0.2) is 9.78 Å². The van der Waals surface area contributed by atoms with Gasteiger partial charge < -0.3 is 37.5 Å². The molecule has 2 rings (SSSR count). The van der Waals surface area contributed by atoms with E-state index >= 15 is 0 Å². The predicted molar refractivity (Wildman–Crippen MR) is 145 cm³/mol. The maximum absolute atomic E-state index is 13.2. The van der Waals surface area contributed by atoms with Crippen molar-refractivity contribution in [1.82, 2.24) is 25.9 Å². The molecule has 0 fully saturated rings. The van der Waals surface area contributed by atoms with Gasteiger partial charge in [-0.15, -0.1) is 0 Å². The molecule has 212 valence electrons. The number of benzene rings is 1.